The van der Waals surface area contributed by atoms with Gasteiger partial charge in [0.25, 0.3) is 11.8 Å². The van der Waals surface area contributed by atoms with Gasteiger partial charge in [0, 0.05) is 93.5 Å². The molecule has 4 aliphatic rings. The Morgan fingerprint density at radius 1 is 0.643 bits per heavy atom. The molecule has 8 rings (SSSR count). The Balaban J connectivity index is 0.000000206. The maximum atomic E-state index is 13.7. The molecule has 0 radical (unpaired) electrons. The fraction of sp³-hybridized carbons (Fsp3) is 0.679. The van der Waals surface area contributed by atoms with Crippen molar-refractivity contribution in [3.63, 3.8) is 0 Å². The summed E-state index contributed by atoms with van der Waals surface area (Å²) in [5.74, 6) is -2.18. The maximum Gasteiger partial charge on any atom is 0.253 e. The molecule has 70 heavy (non-hydrogen) atoms. The Labute approximate surface area is 413 Å². The number of benzene rings is 2. The molecular weight excluding hydrogens is 897 g/mol. The number of likely N-dealkylation sites (tertiary alicyclic amines) is 2. The van der Waals surface area contributed by atoms with Gasteiger partial charge in [-0.05, 0) is 112 Å². The van der Waals surface area contributed by atoms with E-state index in [1.165, 1.54) is 0 Å². The van der Waals surface area contributed by atoms with Gasteiger partial charge in [0.15, 0.2) is 0 Å². The monoisotopic (exact) mass is 977 g/mol. The van der Waals surface area contributed by atoms with Gasteiger partial charge < -0.3 is 28.4 Å². The van der Waals surface area contributed by atoms with E-state index in [4.69, 9.17) is 19.4 Å². The largest absolute Gasteiger partial charge is 0.378 e. The predicted molar refractivity (Wildman–Crippen MR) is 270 cm³/mol. The fourth-order valence-corrected chi connectivity index (χ4v) is 10.5. The van der Waals surface area contributed by atoms with E-state index < -0.39 is 11.8 Å². The number of piperidine rings is 2. The number of nitrogens with zero attached hydrogens (tertiary/aromatic N) is 6. The highest BCUT2D eigenvalue weighted by molar-refractivity contribution is 5.98. The minimum atomic E-state index is -2.53. The van der Waals surface area contributed by atoms with Crippen molar-refractivity contribution in [1.29, 1.82) is 0 Å². The number of hydrogen-bond donors (Lipinski definition) is 0. The van der Waals surface area contributed by atoms with E-state index in [2.05, 4.69) is 71.1 Å². The summed E-state index contributed by atoms with van der Waals surface area (Å²) in [6.45, 7) is 28.3. The molecule has 2 aliphatic heterocycles. The molecule has 4 heterocycles. The van der Waals surface area contributed by atoms with Crippen LogP contribution in [0.15, 0.2) is 48.6 Å². The first-order valence-electron chi connectivity index (χ1n) is 26.1. The molecule has 2 amide bonds. The molecule has 2 aromatic heterocycles. The Kier molecular flexibility index (Phi) is 16.7. The highest BCUT2D eigenvalue weighted by Crippen LogP contribution is 2.40. The van der Waals surface area contributed by atoms with Gasteiger partial charge in [-0.25, -0.2) is 27.5 Å². The van der Waals surface area contributed by atoms with Crippen molar-refractivity contribution in [2.24, 2.45) is 17.8 Å². The van der Waals surface area contributed by atoms with E-state index in [1.54, 1.807) is 0 Å². The lowest BCUT2D eigenvalue weighted by molar-refractivity contribution is -0.0478. The zero-order valence-corrected chi connectivity index (χ0v) is 43.5. The van der Waals surface area contributed by atoms with Crippen LogP contribution in [0, 0.1) is 17.8 Å². The molecule has 2 saturated heterocycles. The molecule has 10 nitrogen and oxygen atoms in total. The van der Waals surface area contributed by atoms with E-state index in [9.17, 15) is 27.2 Å². The standard InChI is InChI=1S/C28H41F2N3O2.C28H39F2N3O2/c2*1-19(2)18-35-22-10-14-32(15-11-22)25(34)21-6-7-24-23(16-21)31-26(27(3,4)5)33(24)17-20-8-12-28(29,30)13-9-20/h6-7,16,19-20,22H,8-15,17-18H2,1-5H3;6-7,16,20,22H,1,8-15,17-18H2,2-5H3. The first-order chi connectivity index (χ1) is 32.9. The van der Waals surface area contributed by atoms with Gasteiger partial charge in [0.2, 0.25) is 11.8 Å². The highest BCUT2D eigenvalue weighted by atomic mass is 19.3. The van der Waals surface area contributed by atoms with Crippen LogP contribution in [0.1, 0.15) is 172 Å². The molecule has 0 bridgehead atoms. The second-order valence-electron chi connectivity index (χ2n) is 23.6. The number of amides is 2. The summed E-state index contributed by atoms with van der Waals surface area (Å²) in [7, 11) is 0. The van der Waals surface area contributed by atoms with Crippen LogP contribution in [0.25, 0.3) is 22.1 Å². The van der Waals surface area contributed by atoms with Gasteiger partial charge in [0.1, 0.15) is 11.6 Å². The number of imidazole rings is 2. The fourth-order valence-electron chi connectivity index (χ4n) is 10.5. The Morgan fingerprint density at radius 2 is 1.01 bits per heavy atom. The van der Waals surface area contributed by atoms with E-state index in [0.29, 0.717) is 88.6 Å². The molecular formula is C56H80F4N6O4. The highest BCUT2D eigenvalue weighted by Gasteiger charge is 2.38. The molecule has 0 unspecified atom stereocenters. The number of carbonyl (C=O) groups excluding carboxylic acids is 2. The number of aromatic nitrogens is 4. The van der Waals surface area contributed by atoms with Crippen molar-refractivity contribution in [1.82, 2.24) is 28.9 Å². The van der Waals surface area contributed by atoms with Gasteiger partial charge in [0.05, 0.1) is 40.9 Å². The lowest BCUT2D eigenvalue weighted by Crippen LogP contribution is -2.41. The second kappa shape index (κ2) is 21.8. The van der Waals surface area contributed by atoms with E-state index in [-0.39, 0.29) is 72.4 Å². The number of rotatable bonds is 12. The summed E-state index contributed by atoms with van der Waals surface area (Å²) in [6, 6.07) is 11.5. The van der Waals surface area contributed by atoms with Crippen molar-refractivity contribution in [2.75, 3.05) is 39.4 Å². The van der Waals surface area contributed by atoms with Gasteiger partial charge >= 0.3 is 0 Å². The average molecular weight is 977 g/mol. The number of hydrogen-bond acceptors (Lipinski definition) is 6. The summed E-state index contributed by atoms with van der Waals surface area (Å²) < 4.78 is 70.9. The molecule has 14 heteroatoms. The van der Waals surface area contributed by atoms with E-state index >= 15 is 0 Å². The van der Waals surface area contributed by atoms with Crippen molar-refractivity contribution in [3.05, 3.63) is 71.3 Å². The first kappa shape index (κ1) is 53.5. The van der Waals surface area contributed by atoms with Crippen LogP contribution in [-0.2, 0) is 33.4 Å². The molecule has 2 aliphatic carbocycles. The van der Waals surface area contributed by atoms with Crippen molar-refractivity contribution >= 4 is 33.9 Å². The smallest absolute Gasteiger partial charge is 0.253 e. The zero-order chi connectivity index (χ0) is 50.8. The molecule has 2 saturated carbocycles. The Morgan fingerprint density at radius 3 is 1.36 bits per heavy atom. The van der Waals surface area contributed by atoms with Crippen molar-refractivity contribution < 1.29 is 36.6 Å². The van der Waals surface area contributed by atoms with Gasteiger partial charge in [-0.1, -0.05) is 67.5 Å². The second-order valence-corrected chi connectivity index (χ2v) is 23.6. The lowest BCUT2D eigenvalue weighted by atomic mass is 9.86. The Hall–Kier alpha value is -4.30. The number of halogens is 4. The number of ether oxygens (including phenoxy) is 2. The van der Waals surface area contributed by atoms with Crippen LogP contribution in [0.4, 0.5) is 17.6 Å². The molecule has 0 atom stereocenters. The average Bonchev–Trinajstić information content (AvgIpc) is 3.87. The predicted octanol–water partition coefficient (Wildman–Crippen LogP) is 12.8. The molecule has 2 aromatic carbocycles. The topological polar surface area (TPSA) is 94.7 Å². The minimum absolute atomic E-state index is 0.0200. The number of alkyl halides is 4. The summed E-state index contributed by atoms with van der Waals surface area (Å²) in [5, 5.41) is 0. The third kappa shape index (κ3) is 13.6. The number of fused-ring (bicyclic) bond motifs is 2. The molecule has 4 fully saturated rings. The van der Waals surface area contributed by atoms with Crippen molar-refractivity contribution in [2.45, 2.75) is 187 Å². The molecule has 4 aromatic rings. The van der Waals surface area contributed by atoms with Gasteiger partial charge in [-0.15, -0.1) is 0 Å². The minimum Gasteiger partial charge on any atom is -0.378 e. The third-order valence-electron chi connectivity index (χ3n) is 14.6. The SMILES string of the molecule is C=C(C)COC1CCN(C(=O)c2ccc3c(c2)nc(C(C)(C)C)n3CC2CCC(F)(F)CC2)CC1.CC(C)COC1CCN(C(=O)c2ccc3c(c2)nc(C(C)(C)C)n3CC2CCC(F)(F)CC2)CC1. The number of carbonyl (C=O) groups is 2. The van der Waals surface area contributed by atoms with E-state index in [1.807, 2.05) is 53.1 Å². The Bertz CT molecular complexity index is 2430. The molecule has 0 N–H and O–H groups in total. The van der Waals surface area contributed by atoms with Crippen LogP contribution >= 0.6 is 0 Å². The van der Waals surface area contributed by atoms with Crippen LogP contribution < -0.4 is 0 Å². The quantitative estimate of drug-likeness (QED) is 0.104. The summed E-state index contributed by atoms with van der Waals surface area (Å²) in [5.41, 5.74) is 5.45. The lowest BCUT2D eigenvalue weighted by Gasteiger charge is -2.32. The van der Waals surface area contributed by atoms with Crippen LogP contribution in [-0.4, -0.2) is 104 Å². The van der Waals surface area contributed by atoms with Gasteiger partial charge in [-0.3, -0.25) is 9.59 Å². The van der Waals surface area contributed by atoms with Crippen LogP contribution in [0.5, 0.6) is 0 Å². The maximum absolute atomic E-state index is 13.7. The van der Waals surface area contributed by atoms with E-state index in [0.717, 1.165) is 71.6 Å². The zero-order valence-electron chi connectivity index (χ0n) is 43.5. The molecule has 386 valence electrons. The molecule has 0 spiro atoms. The first-order valence-corrected chi connectivity index (χ1v) is 26.1. The van der Waals surface area contributed by atoms with Crippen LogP contribution in [0.2, 0.25) is 0 Å². The van der Waals surface area contributed by atoms with Gasteiger partial charge in [-0.2, -0.15) is 0 Å². The van der Waals surface area contributed by atoms with Crippen LogP contribution in [0.3, 0.4) is 0 Å². The van der Waals surface area contributed by atoms with Crippen molar-refractivity contribution in [3.8, 4) is 0 Å². The summed E-state index contributed by atoms with van der Waals surface area (Å²) >= 11 is 0. The normalized spacial score (nSPS) is 20.0. The third-order valence-corrected chi connectivity index (χ3v) is 14.6. The summed E-state index contributed by atoms with van der Waals surface area (Å²) in [4.78, 5) is 40.2. The summed E-state index contributed by atoms with van der Waals surface area (Å²) in [6.07, 6.45) is 5.75.